The highest BCUT2D eigenvalue weighted by molar-refractivity contribution is 6.82. The van der Waals surface area contributed by atoms with E-state index in [0.29, 0.717) is 12.8 Å². The summed E-state index contributed by atoms with van der Waals surface area (Å²) < 4.78 is 5.30. The molecular weight excluding hydrogens is 515 g/mol. The number of anilines is 2. The first kappa shape index (κ1) is 26.4. The van der Waals surface area contributed by atoms with Crippen LogP contribution in [-0.2, 0) is 28.9 Å². The van der Waals surface area contributed by atoms with Crippen molar-refractivity contribution in [2.45, 2.75) is 40.2 Å². The van der Waals surface area contributed by atoms with Crippen LogP contribution in [0.4, 0.5) is 11.4 Å². The van der Waals surface area contributed by atoms with E-state index in [4.69, 9.17) is 4.74 Å². The van der Waals surface area contributed by atoms with E-state index in [-0.39, 0.29) is 13.0 Å². The smallest absolute Gasteiger partial charge is 0.409 e. The third-order valence-corrected chi connectivity index (χ3v) is 9.46. The average molecular weight is 551 g/mol. The van der Waals surface area contributed by atoms with Gasteiger partial charge in [0.25, 0.3) is 0 Å². The highest BCUT2D eigenvalue weighted by Gasteiger charge is 2.45. The number of carbonyl (C=O) groups is 1. The molecule has 0 radical (unpaired) electrons. The topological polar surface area (TPSA) is 41.6 Å². The molecule has 5 aromatic rings. The first-order chi connectivity index (χ1) is 20.4. The number of hydrogen-bond donors (Lipinski definition) is 1. The number of benzene rings is 5. The van der Waals surface area contributed by atoms with E-state index in [2.05, 4.69) is 128 Å². The summed E-state index contributed by atoms with van der Waals surface area (Å²) in [7, 11) is 1.50. The molecule has 0 bridgehead atoms. The summed E-state index contributed by atoms with van der Waals surface area (Å²) >= 11 is 0. The molecule has 5 aromatic carbocycles. The molecule has 0 saturated carbocycles. The number of carbonyl (C=O) groups excluding carboxylic acids is 1. The molecule has 1 N–H and O–H groups in total. The molecule has 42 heavy (non-hydrogen) atoms. The van der Waals surface area contributed by atoms with E-state index >= 15 is 0 Å². The molecule has 7 rings (SSSR count). The molecule has 0 aromatic heterocycles. The lowest BCUT2D eigenvalue weighted by molar-refractivity contribution is -0.151. The number of methoxy groups -OCH3 is 1. The molecule has 208 valence electrons. The van der Waals surface area contributed by atoms with Crippen LogP contribution in [0.5, 0.6) is 0 Å². The van der Waals surface area contributed by atoms with E-state index < -0.39 is 5.41 Å². The van der Waals surface area contributed by atoms with Gasteiger partial charge in [0.15, 0.2) is 0 Å². The highest BCUT2D eigenvalue weighted by Crippen LogP contribution is 2.45. The summed E-state index contributed by atoms with van der Waals surface area (Å²) in [5.74, 6) is -0.137. The number of fused-ring (bicyclic) bond motifs is 1. The molecule has 0 amide bonds. The number of rotatable bonds is 5. The van der Waals surface area contributed by atoms with Crippen LogP contribution in [0.2, 0.25) is 0 Å². The highest BCUT2D eigenvalue weighted by atomic mass is 16.5. The number of nitrogens with zero attached hydrogens (tertiary/aromatic N) is 1. The van der Waals surface area contributed by atoms with Crippen LogP contribution >= 0.6 is 0 Å². The second-order valence-electron chi connectivity index (χ2n) is 12.1. The summed E-state index contributed by atoms with van der Waals surface area (Å²) in [6.07, 6.45) is 1.37. The molecule has 2 aliphatic rings. The second kappa shape index (κ2) is 10.1. The van der Waals surface area contributed by atoms with Gasteiger partial charge in [-0.1, -0.05) is 84.9 Å². The fourth-order valence-corrected chi connectivity index (χ4v) is 7.42. The zero-order chi connectivity index (χ0) is 29.0. The zero-order valence-electron chi connectivity index (χ0n) is 24.7. The molecule has 1 unspecified atom stereocenters. The largest absolute Gasteiger partial charge is 0.469 e. The SMILES string of the molecule is COC(=O)C1(C)Cc2c(C)c(B3Nc4cccc5cccc(c45)N3Cc3ccccc3)c(-c3ccccc3)c(C)c2C1. The van der Waals surface area contributed by atoms with E-state index in [1.165, 1.54) is 68.0 Å². The Morgan fingerprint density at radius 1 is 0.857 bits per heavy atom. The van der Waals surface area contributed by atoms with Gasteiger partial charge in [0.2, 0.25) is 0 Å². The lowest BCUT2D eigenvalue weighted by Gasteiger charge is -2.40. The Morgan fingerprint density at radius 2 is 1.50 bits per heavy atom. The summed E-state index contributed by atoms with van der Waals surface area (Å²) in [6.45, 7) is 7.20. The maximum atomic E-state index is 13.0. The Morgan fingerprint density at radius 3 is 2.19 bits per heavy atom. The minimum Gasteiger partial charge on any atom is -0.469 e. The van der Waals surface area contributed by atoms with Crippen molar-refractivity contribution in [3.63, 3.8) is 0 Å². The maximum Gasteiger partial charge on any atom is 0.409 e. The van der Waals surface area contributed by atoms with Gasteiger partial charge in [-0.2, -0.15) is 0 Å². The Hall–Kier alpha value is -4.51. The summed E-state index contributed by atoms with van der Waals surface area (Å²) in [6, 6.07) is 34.6. The molecule has 1 atom stereocenters. The predicted molar refractivity (Wildman–Crippen MR) is 174 cm³/mol. The lowest BCUT2D eigenvalue weighted by atomic mass is 9.58. The molecular formula is C37H35BN2O2. The molecule has 4 nitrogen and oxygen atoms in total. The molecule has 0 saturated heterocycles. The predicted octanol–water partition coefficient (Wildman–Crippen LogP) is 7.23. The quantitative estimate of drug-likeness (QED) is 0.185. The van der Waals surface area contributed by atoms with Gasteiger partial charge in [-0.15, -0.1) is 0 Å². The Bertz CT molecular complexity index is 1830. The Kier molecular flexibility index (Phi) is 6.34. The van der Waals surface area contributed by atoms with Crippen LogP contribution in [-0.4, -0.2) is 20.1 Å². The zero-order valence-corrected chi connectivity index (χ0v) is 24.7. The minimum absolute atomic E-state index is 0.116. The molecule has 5 heteroatoms. The first-order valence-corrected chi connectivity index (χ1v) is 14.8. The third-order valence-electron chi connectivity index (χ3n) is 9.46. The molecule has 1 aliphatic carbocycles. The fraction of sp³-hybridized carbons (Fsp3) is 0.216. The van der Waals surface area contributed by atoms with Crippen molar-refractivity contribution < 1.29 is 9.53 Å². The third kappa shape index (κ3) is 4.10. The van der Waals surface area contributed by atoms with Crippen LogP contribution in [0.3, 0.4) is 0 Å². The molecule has 1 aliphatic heterocycles. The van der Waals surface area contributed by atoms with Crippen LogP contribution in [0.1, 0.15) is 34.7 Å². The maximum absolute atomic E-state index is 13.0. The van der Waals surface area contributed by atoms with Gasteiger partial charge in [0.1, 0.15) is 0 Å². The van der Waals surface area contributed by atoms with Crippen LogP contribution in [0, 0.1) is 19.3 Å². The molecule has 1 heterocycles. The average Bonchev–Trinajstić information content (AvgIpc) is 3.40. The monoisotopic (exact) mass is 550 g/mol. The molecule has 0 spiro atoms. The van der Waals surface area contributed by atoms with Gasteiger partial charge in [-0.25, -0.2) is 0 Å². The van der Waals surface area contributed by atoms with Crippen molar-refractivity contribution in [1.29, 1.82) is 0 Å². The number of nitrogens with one attached hydrogen (secondary N) is 1. The van der Waals surface area contributed by atoms with Crippen molar-refractivity contribution in [1.82, 2.24) is 0 Å². The summed E-state index contributed by atoms with van der Waals surface area (Å²) in [5, 5.41) is 6.49. The standard InChI is InChI=1S/C37H35BN2O2/c1-24-29-21-37(3,36(41)42-4)22-30(29)25(2)35(33(24)27-15-9-6-10-16-27)38-39-31-19-11-17-28-18-12-20-32(34(28)31)40(38)23-26-13-7-5-8-14-26/h5-20,39H,21-23H2,1-4H3. The summed E-state index contributed by atoms with van der Waals surface area (Å²) in [5.41, 5.74) is 11.9. The normalized spacial score (nSPS) is 17.2. The van der Waals surface area contributed by atoms with Gasteiger partial charge < -0.3 is 14.8 Å². The van der Waals surface area contributed by atoms with Gasteiger partial charge in [-0.05, 0) is 95.5 Å². The van der Waals surface area contributed by atoms with Crippen LogP contribution in [0.25, 0.3) is 21.9 Å². The lowest BCUT2D eigenvalue weighted by Crippen LogP contribution is -2.57. The fourth-order valence-electron chi connectivity index (χ4n) is 7.42. The van der Waals surface area contributed by atoms with E-state index in [9.17, 15) is 4.79 Å². The van der Waals surface area contributed by atoms with Gasteiger partial charge in [0.05, 0.1) is 12.5 Å². The Labute approximate surface area is 248 Å². The second-order valence-corrected chi connectivity index (χ2v) is 12.1. The minimum atomic E-state index is -0.568. The van der Waals surface area contributed by atoms with E-state index in [0.717, 1.165) is 12.2 Å². The van der Waals surface area contributed by atoms with E-state index in [1.807, 2.05) is 0 Å². The van der Waals surface area contributed by atoms with Crippen molar-refractivity contribution in [3.05, 3.63) is 125 Å². The number of hydrogen-bond acceptors (Lipinski definition) is 4. The van der Waals surface area contributed by atoms with Gasteiger partial charge >= 0.3 is 13.0 Å². The van der Waals surface area contributed by atoms with Crippen molar-refractivity contribution in [3.8, 4) is 11.1 Å². The van der Waals surface area contributed by atoms with Gasteiger partial charge in [-0.3, -0.25) is 4.79 Å². The van der Waals surface area contributed by atoms with Crippen LogP contribution in [0.15, 0.2) is 97.1 Å². The van der Waals surface area contributed by atoms with Crippen molar-refractivity contribution in [2.75, 3.05) is 17.1 Å². The van der Waals surface area contributed by atoms with Gasteiger partial charge in [0, 0.05) is 23.3 Å². The summed E-state index contributed by atoms with van der Waals surface area (Å²) in [4.78, 5) is 15.6. The van der Waals surface area contributed by atoms with Crippen molar-refractivity contribution in [2.24, 2.45) is 5.41 Å². The van der Waals surface area contributed by atoms with Crippen molar-refractivity contribution >= 4 is 40.6 Å². The first-order valence-electron chi connectivity index (χ1n) is 14.8. The number of esters is 1. The van der Waals surface area contributed by atoms with E-state index in [1.54, 1.807) is 0 Å². The number of ether oxygens (including phenoxy) is 1. The molecule has 0 fully saturated rings. The van der Waals surface area contributed by atoms with Crippen LogP contribution < -0.4 is 15.5 Å². The Balaban J connectivity index is 1.49.